The average Bonchev–Trinajstić information content (AvgIpc) is 2.44. The summed E-state index contributed by atoms with van der Waals surface area (Å²) in [7, 11) is 1.40. The maximum Gasteiger partial charge on any atom is 0.306 e. The highest BCUT2D eigenvalue weighted by molar-refractivity contribution is 5.92. The molecule has 0 aromatic heterocycles. The fraction of sp³-hybridized carbons (Fsp3) is 0.714. The molecule has 0 radical (unpaired) electrons. The van der Waals surface area contributed by atoms with E-state index in [4.69, 9.17) is 0 Å². The van der Waals surface area contributed by atoms with E-state index in [2.05, 4.69) is 9.64 Å². The van der Waals surface area contributed by atoms with E-state index in [9.17, 15) is 9.59 Å². The Morgan fingerprint density at radius 3 is 2.37 bits per heavy atom. The van der Waals surface area contributed by atoms with Gasteiger partial charge in [-0.15, -0.1) is 0 Å². The number of allylic oxidation sites excluding steroid dienone is 1. The van der Waals surface area contributed by atoms with Gasteiger partial charge in [-0.1, -0.05) is 13.0 Å². The van der Waals surface area contributed by atoms with Crippen LogP contribution in [-0.4, -0.2) is 61.5 Å². The summed E-state index contributed by atoms with van der Waals surface area (Å²) in [6.07, 6.45) is 3.27. The highest BCUT2D eigenvalue weighted by atomic mass is 16.5. The van der Waals surface area contributed by atoms with Gasteiger partial charge < -0.3 is 9.64 Å². The molecule has 0 atom stereocenters. The Morgan fingerprint density at radius 2 is 1.84 bits per heavy atom. The molecule has 1 aliphatic rings. The van der Waals surface area contributed by atoms with Crippen molar-refractivity contribution in [3.8, 4) is 0 Å². The number of piperazine rings is 1. The molecule has 1 aliphatic heterocycles. The predicted octanol–water partition coefficient (Wildman–Crippen LogP) is 1.05. The second-order valence-electron chi connectivity index (χ2n) is 4.76. The average molecular weight is 268 g/mol. The first-order chi connectivity index (χ1) is 9.08. The van der Waals surface area contributed by atoms with Gasteiger partial charge in [0.05, 0.1) is 13.5 Å². The topological polar surface area (TPSA) is 49.9 Å². The number of esters is 1. The maximum atomic E-state index is 12.1. The number of hydrogen-bond acceptors (Lipinski definition) is 4. The van der Waals surface area contributed by atoms with Crippen molar-refractivity contribution >= 4 is 11.9 Å². The summed E-state index contributed by atoms with van der Waals surface area (Å²) in [5.74, 6) is -0.0466. The van der Waals surface area contributed by atoms with Gasteiger partial charge in [0.25, 0.3) is 0 Å². The highest BCUT2D eigenvalue weighted by Gasteiger charge is 2.21. The van der Waals surface area contributed by atoms with Crippen molar-refractivity contribution in [3.63, 3.8) is 0 Å². The largest absolute Gasteiger partial charge is 0.469 e. The van der Waals surface area contributed by atoms with Gasteiger partial charge in [0, 0.05) is 38.3 Å². The van der Waals surface area contributed by atoms with E-state index in [1.807, 2.05) is 24.8 Å². The van der Waals surface area contributed by atoms with Gasteiger partial charge in [0.1, 0.15) is 0 Å². The molecule has 0 saturated carbocycles. The fourth-order valence-electron chi connectivity index (χ4n) is 2.17. The first-order valence-electron chi connectivity index (χ1n) is 6.83. The van der Waals surface area contributed by atoms with Gasteiger partial charge in [0.15, 0.2) is 0 Å². The van der Waals surface area contributed by atoms with Gasteiger partial charge in [-0.05, 0) is 13.3 Å². The van der Waals surface area contributed by atoms with Crippen molar-refractivity contribution in [2.75, 3.05) is 39.8 Å². The lowest BCUT2D eigenvalue weighted by Gasteiger charge is -2.34. The molecule has 0 spiro atoms. The third kappa shape index (κ3) is 5.03. The summed E-state index contributed by atoms with van der Waals surface area (Å²) >= 11 is 0. The molecule has 0 bridgehead atoms. The predicted molar refractivity (Wildman–Crippen MR) is 73.7 cm³/mol. The summed E-state index contributed by atoms with van der Waals surface area (Å²) < 4.78 is 4.62. The number of carbonyl (C=O) groups excluding carboxylic acids is 2. The molecule has 108 valence electrons. The van der Waals surface area contributed by atoms with Gasteiger partial charge in [-0.3, -0.25) is 14.5 Å². The number of carbonyl (C=O) groups is 2. The molecule has 5 heteroatoms. The zero-order valence-corrected chi connectivity index (χ0v) is 12.1. The van der Waals surface area contributed by atoms with Crippen LogP contribution in [0.3, 0.4) is 0 Å². The molecule has 1 saturated heterocycles. The van der Waals surface area contributed by atoms with Crippen LogP contribution in [0.4, 0.5) is 0 Å². The molecule has 1 heterocycles. The van der Waals surface area contributed by atoms with Crippen molar-refractivity contribution in [3.05, 3.63) is 11.6 Å². The Bertz CT molecular complexity index is 345. The Balaban J connectivity index is 2.34. The monoisotopic (exact) mass is 268 g/mol. The van der Waals surface area contributed by atoms with Crippen LogP contribution < -0.4 is 0 Å². The molecule has 0 aromatic carbocycles. The van der Waals surface area contributed by atoms with Crippen LogP contribution in [0.5, 0.6) is 0 Å². The van der Waals surface area contributed by atoms with E-state index in [0.717, 1.165) is 38.2 Å². The van der Waals surface area contributed by atoms with Gasteiger partial charge >= 0.3 is 5.97 Å². The molecule has 1 rings (SSSR count). The molecular formula is C14H24N2O3. The standard InChI is InChI=1S/C14H24N2O3/c1-4-5-12(2)14(18)16-10-8-15(9-11-16)7-6-13(17)19-3/h5H,4,6-11H2,1-3H3/b12-5-. The van der Waals surface area contributed by atoms with Crippen molar-refractivity contribution < 1.29 is 14.3 Å². The highest BCUT2D eigenvalue weighted by Crippen LogP contribution is 2.08. The SMILES string of the molecule is CC/C=C(/C)C(=O)N1CCN(CCC(=O)OC)CC1. The first kappa shape index (κ1) is 15.7. The number of ether oxygens (including phenoxy) is 1. The van der Waals surface area contributed by atoms with E-state index in [1.165, 1.54) is 7.11 Å². The normalized spacial score (nSPS) is 17.4. The number of methoxy groups -OCH3 is 1. The van der Waals surface area contributed by atoms with Crippen molar-refractivity contribution in [1.29, 1.82) is 0 Å². The van der Waals surface area contributed by atoms with E-state index in [0.29, 0.717) is 13.0 Å². The maximum absolute atomic E-state index is 12.1. The summed E-state index contributed by atoms with van der Waals surface area (Å²) in [5.41, 5.74) is 0.825. The first-order valence-corrected chi connectivity index (χ1v) is 6.83. The third-order valence-electron chi connectivity index (χ3n) is 3.37. The summed E-state index contributed by atoms with van der Waals surface area (Å²) in [6, 6.07) is 0. The number of nitrogens with zero attached hydrogens (tertiary/aromatic N) is 2. The van der Waals surface area contributed by atoms with E-state index in [1.54, 1.807) is 0 Å². The van der Waals surface area contributed by atoms with Crippen LogP contribution in [0, 0.1) is 0 Å². The number of amides is 1. The zero-order chi connectivity index (χ0) is 14.3. The van der Waals surface area contributed by atoms with E-state index < -0.39 is 0 Å². The molecule has 1 amide bonds. The minimum atomic E-state index is -0.180. The van der Waals surface area contributed by atoms with Crippen molar-refractivity contribution in [1.82, 2.24) is 9.80 Å². The quantitative estimate of drug-likeness (QED) is 0.552. The molecule has 0 aromatic rings. The van der Waals surface area contributed by atoms with Crippen LogP contribution in [0.15, 0.2) is 11.6 Å². The summed E-state index contributed by atoms with van der Waals surface area (Å²) in [4.78, 5) is 27.2. The van der Waals surface area contributed by atoms with Crippen LogP contribution >= 0.6 is 0 Å². The lowest BCUT2D eigenvalue weighted by Crippen LogP contribution is -2.49. The third-order valence-corrected chi connectivity index (χ3v) is 3.37. The van der Waals surface area contributed by atoms with Gasteiger partial charge in [0.2, 0.25) is 5.91 Å². The lowest BCUT2D eigenvalue weighted by molar-refractivity contribution is -0.141. The smallest absolute Gasteiger partial charge is 0.306 e. The molecule has 5 nitrogen and oxygen atoms in total. The van der Waals surface area contributed by atoms with Gasteiger partial charge in [-0.25, -0.2) is 0 Å². The zero-order valence-electron chi connectivity index (χ0n) is 12.1. The Hall–Kier alpha value is -1.36. The van der Waals surface area contributed by atoms with E-state index in [-0.39, 0.29) is 11.9 Å². The van der Waals surface area contributed by atoms with Crippen LogP contribution in [0.2, 0.25) is 0 Å². The van der Waals surface area contributed by atoms with Crippen molar-refractivity contribution in [2.24, 2.45) is 0 Å². The Morgan fingerprint density at radius 1 is 1.21 bits per heavy atom. The summed E-state index contributed by atoms with van der Waals surface area (Å²) in [6.45, 7) is 7.71. The second kappa shape index (κ2) is 7.94. The summed E-state index contributed by atoms with van der Waals surface area (Å²) in [5, 5.41) is 0. The van der Waals surface area contributed by atoms with Crippen molar-refractivity contribution in [2.45, 2.75) is 26.7 Å². The second-order valence-corrected chi connectivity index (χ2v) is 4.76. The lowest BCUT2D eigenvalue weighted by atomic mass is 10.2. The minimum Gasteiger partial charge on any atom is -0.469 e. The Kier molecular flexibility index (Phi) is 6.56. The van der Waals surface area contributed by atoms with Crippen LogP contribution in [-0.2, 0) is 14.3 Å². The van der Waals surface area contributed by atoms with Crippen LogP contribution in [0.25, 0.3) is 0 Å². The number of hydrogen-bond donors (Lipinski definition) is 0. The number of rotatable bonds is 5. The molecular weight excluding hydrogens is 244 g/mol. The van der Waals surface area contributed by atoms with Gasteiger partial charge in [-0.2, -0.15) is 0 Å². The van der Waals surface area contributed by atoms with E-state index >= 15 is 0 Å². The minimum absolute atomic E-state index is 0.134. The molecule has 0 unspecified atom stereocenters. The molecule has 0 N–H and O–H groups in total. The van der Waals surface area contributed by atoms with Crippen LogP contribution in [0.1, 0.15) is 26.7 Å². The fourth-order valence-corrected chi connectivity index (χ4v) is 2.17. The Labute approximate surface area is 115 Å². The molecule has 1 fully saturated rings. The molecule has 0 aliphatic carbocycles. The molecule has 19 heavy (non-hydrogen) atoms.